The normalized spacial score (nSPS) is 11.1. The van der Waals surface area contributed by atoms with E-state index in [1.54, 1.807) is 6.07 Å². The lowest BCUT2D eigenvalue weighted by molar-refractivity contribution is -0.387. The molecule has 0 aromatic heterocycles. The fourth-order valence-corrected chi connectivity index (χ4v) is 3.50. The molecule has 2 aromatic carbocycles. The number of hydrogen-bond acceptors (Lipinski definition) is 4. The number of anilines is 1. The molecule has 0 aliphatic rings. The van der Waals surface area contributed by atoms with Crippen molar-refractivity contribution in [3.8, 4) is 0 Å². The summed E-state index contributed by atoms with van der Waals surface area (Å²) in [5.74, 6) is 0. The first-order valence-electron chi connectivity index (χ1n) is 5.53. The van der Waals surface area contributed by atoms with E-state index in [4.69, 9.17) is 23.2 Å². The molecular formula is C12H8Cl2N2O4S. The van der Waals surface area contributed by atoms with Gasteiger partial charge >= 0.3 is 0 Å². The van der Waals surface area contributed by atoms with Gasteiger partial charge in [-0.1, -0.05) is 41.4 Å². The average molecular weight is 347 g/mol. The van der Waals surface area contributed by atoms with Gasteiger partial charge in [0, 0.05) is 6.07 Å². The van der Waals surface area contributed by atoms with Crippen molar-refractivity contribution in [2.24, 2.45) is 0 Å². The number of nitrogens with zero attached hydrogens (tertiary/aromatic N) is 1. The van der Waals surface area contributed by atoms with Crippen molar-refractivity contribution in [2.75, 3.05) is 4.72 Å². The quantitative estimate of drug-likeness (QED) is 0.674. The maximum atomic E-state index is 12.3. The summed E-state index contributed by atoms with van der Waals surface area (Å²) in [6, 6.07) is 9.44. The lowest BCUT2D eigenvalue weighted by atomic mass is 10.3. The molecule has 1 N–H and O–H groups in total. The minimum atomic E-state index is -4.19. The number of nitro groups is 1. The van der Waals surface area contributed by atoms with E-state index in [1.165, 1.54) is 24.3 Å². The Morgan fingerprint density at radius 3 is 2.14 bits per heavy atom. The molecule has 0 saturated heterocycles. The molecule has 0 aliphatic carbocycles. The van der Waals surface area contributed by atoms with E-state index in [-0.39, 0.29) is 15.7 Å². The molecule has 2 aromatic rings. The zero-order valence-corrected chi connectivity index (χ0v) is 12.6. The Morgan fingerprint density at radius 2 is 1.57 bits per heavy atom. The van der Waals surface area contributed by atoms with Gasteiger partial charge in [0.25, 0.3) is 15.7 Å². The largest absolute Gasteiger partial charge is 0.289 e. The van der Waals surface area contributed by atoms with Crippen molar-refractivity contribution >= 4 is 44.6 Å². The molecule has 9 heteroatoms. The van der Waals surface area contributed by atoms with E-state index < -0.39 is 25.5 Å². The van der Waals surface area contributed by atoms with Crippen molar-refractivity contribution in [3.05, 3.63) is 62.6 Å². The highest BCUT2D eigenvalue weighted by Gasteiger charge is 2.26. The van der Waals surface area contributed by atoms with Gasteiger partial charge in [0.05, 0.1) is 20.7 Å². The van der Waals surface area contributed by atoms with Crippen LogP contribution in [0.1, 0.15) is 0 Å². The number of nitrogens with one attached hydrogen (secondary N) is 1. The molecule has 0 saturated carbocycles. The minimum Gasteiger partial charge on any atom is -0.276 e. The predicted molar refractivity (Wildman–Crippen MR) is 80.4 cm³/mol. The molecule has 0 atom stereocenters. The molecule has 0 bridgehead atoms. The third-order valence-corrected chi connectivity index (χ3v) is 4.58. The van der Waals surface area contributed by atoms with E-state index in [0.717, 1.165) is 12.1 Å². The van der Waals surface area contributed by atoms with E-state index in [0.29, 0.717) is 0 Å². The molecular weight excluding hydrogens is 339 g/mol. The minimum absolute atomic E-state index is 0.0287. The first kappa shape index (κ1) is 15.6. The zero-order chi connectivity index (χ0) is 15.6. The van der Waals surface area contributed by atoms with Gasteiger partial charge in [-0.15, -0.1) is 0 Å². The van der Waals surface area contributed by atoms with Crippen molar-refractivity contribution in [1.29, 1.82) is 0 Å². The number of rotatable bonds is 4. The van der Waals surface area contributed by atoms with Gasteiger partial charge in [-0.25, -0.2) is 8.42 Å². The van der Waals surface area contributed by atoms with Crippen LogP contribution in [-0.2, 0) is 10.0 Å². The van der Waals surface area contributed by atoms with Gasteiger partial charge < -0.3 is 0 Å². The first-order chi connectivity index (χ1) is 9.83. The molecule has 0 radical (unpaired) electrons. The Morgan fingerprint density at radius 1 is 1.00 bits per heavy atom. The number of sulfonamides is 1. The summed E-state index contributed by atoms with van der Waals surface area (Å²) in [6.07, 6.45) is 0. The van der Waals surface area contributed by atoms with E-state index in [2.05, 4.69) is 4.72 Å². The van der Waals surface area contributed by atoms with Crippen molar-refractivity contribution < 1.29 is 13.3 Å². The number of nitro benzene ring substituents is 1. The number of benzene rings is 2. The van der Waals surface area contributed by atoms with Gasteiger partial charge in [0.15, 0.2) is 4.90 Å². The van der Waals surface area contributed by atoms with Crippen molar-refractivity contribution in [2.45, 2.75) is 4.90 Å². The number of halogens is 2. The average Bonchev–Trinajstić information content (AvgIpc) is 2.43. The first-order valence-corrected chi connectivity index (χ1v) is 7.77. The fourth-order valence-electron chi connectivity index (χ4n) is 1.62. The van der Waals surface area contributed by atoms with Crippen molar-refractivity contribution in [1.82, 2.24) is 0 Å². The monoisotopic (exact) mass is 346 g/mol. The van der Waals surface area contributed by atoms with Crippen LogP contribution in [0.15, 0.2) is 47.4 Å². The Kier molecular flexibility index (Phi) is 4.36. The van der Waals surface area contributed by atoms with Crippen LogP contribution in [0.25, 0.3) is 0 Å². The van der Waals surface area contributed by atoms with Crippen LogP contribution in [0.4, 0.5) is 11.4 Å². The predicted octanol–water partition coefficient (Wildman–Crippen LogP) is 3.70. The Balaban J connectivity index is 2.52. The molecule has 21 heavy (non-hydrogen) atoms. The van der Waals surface area contributed by atoms with Crippen LogP contribution in [0.3, 0.4) is 0 Å². The lowest BCUT2D eigenvalue weighted by Crippen LogP contribution is -2.15. The van der Waals surface area contributed by atoms with E-state index >= 15 is 0 Å². The van der Waals surface area contributed by atoms with Gasteiger partial charge in [0.1, 0.15) is 0 Å². The summed E-state index contributed by atoms with van der Waals surface area (Å²) in [7, 11) is -4.19. The van der Waals surface area contributed by atoms with Crippen LogP contribution >= 0.6 is 23.2 Å². The smallest absolute Gasteiger partial charge is 0.276 e. The summed E-state index contributed by atoms with van der Waals surface area (Å²) in [5, 5.41) is 11.1. The highest BCUT2D eigenvalue weighted by Crippen LogP contribution is 2.33. The van der Waals surface area contributed by atoms with Crippen LogP contribution in [0.2, 0.25) is 10.0 Å². The Labute approximate surface area is 130 Å². The van der Waals surface area contributed by atoms with E-state index in [1.807, 2.05) is 0 Å². The summed E-state index contributed by atoms with van der Waals surface area (Å²) in [6.45, 7) is 0. The molecule has 0 fully saturated rings. The van der Waals surface area contributed by atoms with Crippen LogP contribution in [0.5, 0.6) is 0 Å². The highest BCUT2D eigenvalue weighted by molar-refractivity contribution is 7.92. The van der Waals surface area contributed by atoms with Crippen LogP contribution in [-0.4, -0.2) is 13.3 Å². The number of para-hydroxylation sites is 2. The maximum absolute atomic E-state index is 12.3. The van der Waals surface area contributed by atoms with E-state index in [9.17, 15) is 18.5 Å². The van der Waals surface area contributed by atoms with Gasteiger partial charge in [0.2, 0.25) is 0 Å². The highest BCUT2D eigenvalue weighted by atomic mass is 35.5. The second kappa shape index (κ2) is 5.88. The van der Waals surface area contributed by atoms with Gasteiger partial charge in [-0.2, -0.15) is 0 Å². The summed E-state index contributed by atoms with van der Waals surface area (Å²) in [5.41, 5.74) is -0.563. The summed E-state index contributed by atoms with van der Waals surface area (Å²) < 4.78 is 26.8. The summed E-state index contributed by atoms with van der Waals surface area (Å²) >= 11 is 11.8. The molecule has 2 rings (SSSR count). The third-order valence-electron chi connectivity index (χ3n) is 2.55. The molecule has 0 heterocycles. The van der Waals surface area contributed by atoms with Gasteiger partial charge in [-0.3, -0.25) is 14.8 Å². The third kappa shape index (κ3) is 3.26. The molecule has 0 spiro atoms. The van der Waals surface area contributed by atoms with Crippen molar-refractivity contribution in [3.63, 3.8) is 0 Å². The topological polar surface area (TPSA) is 89.3 Å². The lowest BCUT2D eigenvalue weighted by Gasteiger charge is -2.11. The van der Waals surface area contributed by atoms with Crippen LogP contribution < -0.4 is 4.72 Å². The number of hydrogen-bond donors (Lipinski definition) is 1. The standard InChI is InChI=1S/C12H8Cl2N2O4S/c13-8-4-3-5-9(14)12(8)15-21(19,20)11-7-2-1-6-10(11)16(17)18/h1-7,15H. The Hall–Kier alpha value is -1.83. The second-order valence-electron chi connectivity index (χ2n) is 3.93. The molecule has 110 valence electrons. The van der Waals surface area contributed by atoms with Gasteiger partial charge in [-0.05, 0) is 18.2 Å². The molecule has 6 nitrogen and oxygen atoms in total. The zero-order valence-electron chi connectivity index (χ0n) is 10.3. The molecule has 0 unspecified atom stereocenters. The SMILES string of the molecule is O=[N+]([O-])c1ccccc1S(=O)(=O)Nc1c(Cl)cccc1Cl. The summed E-state index contributed by atoms with van der Waals surface area (Å²) in [4.78, 5) is 9.67. The Bertz CT molecular complexity index is 788. The maximum Gasteiger partial charge on any atom is 0.289 e. The molecule has 0 aliphatic heterocycles. The fraction of sp³-hybridized carbons (Fsp3) is 0. The van der Waals surface area contributed by atoms with Crippen LogP contribution in [0, 0.1) is 10.1 Å². The molecule has 0 amide bonds. The second-order valence-corrected chi connectivity index (χ2v) is 6.39.